The number of aromatic nitrogens is 1. The van der Waals surface area contributed by atoms with Crippen molar-refractivity contribution in [1.82, 2.24) is 4.57 Å². The average Bonchev–Trinajstić information content (AvgIpc) is 3.61. The monoisotopic (exact) mass is 522 g/mol. The molecule has 2 aliphatic heterocycles. The molecule has 0 fully saturated rings. The fraction of sp³-hybridized carbons (Fsp3) is 0.147. The van der Waals surface area contributed by atoms with Crippen LogP contribution in [0.4, 0.5) is 11.4 Å². The van der Waals surface area contributed by atoms with E-state index in [2.05, 4.69) is 6.07 Å². The number of hydrogen-bond donors (Lipinski definition) is 0. The van der Waals surface area contributed by atoms with Crippen LogP contribution < -0.4 is 9.80 Å². The number of carbonyl (C=O) groups excluding carboxylic acids is 2. The molecular weight excluding hydrogens is 496 g/mol. The Morgan fingerprint density at radius 3 is 2.20 bits per heavy atom. The number of para-hydroxylation sites is 2. The van der Waals surface area contributed by atoms with Gasteiger partial charge in [0.1, 0.15) is 17.3 Å². The number of rotatable bonds is 4. The molecule has 0 saturated carbocycles. The molecule has 4 aromatic rings. The van der Waals surface area contributed by atoms with Crippen LogP contribution >= 0.6 is 0 Å². The number of fused-ring (bicyclic) bond motifs is 3. The maximum Gasteiger partial charge on any atom is 0.248 e. The third-order valence-corrected chi connectivity index (χ3v) is 8.16. The maximum atomic E-state index is 15.0. The van der Waals surface area contributed by atoms with Crippen molar-refractivity contribution in [2.24, 2.45) is 0 Å². The number of allylic oxidation sites excluding steroid dienone is 1. The normalized spacial score (nSPS) is 20.2. The van der Waals surface area contributed by atoms with E-state index in [0.29, 0.717) is 42.8 Å². The number of carbonyl (C=O) groups is 2. The molecule has 0 N–H and O–H groups in total. The summed E-state index contributed by atoms with van der Waals surface area (Å²) in [4.78, 5) is 32.8. The number of ketones is 1. The van der Waals surface area contributed by atoms with E-state index in [1.165, 1.54) is 0 Å². The lowest BCUT2D eigenvalue weighted by molar-refractivity contribution is -0.124. The molecule has 6 heteroatoms. The number of benzene rings is 3. The van der Waals surface area contributed by atoms with E-state index in [0.717, 1.165) is 22.6 Å². The topological polar surface area (TPSA) is 69.3 Å². The van der Waals surface area contributed by atoms with E-state index in [4.69, 9.17) is 0 Å². The van der Waals surface area contributed by atoms with Gasteiger partial charge in [0, 0.05) is 47.0 Å². The van der Waals surface area contributed by atoms with Crippen molar-refractivity contribution >= 4 is 28.9 Å². The Balaban J connectivity index is 1.58. The fourth-order valence-electron chi connectivity index (χ4n) is 6.58. The SMILES string of the molecule is N#CC1=C(n2cccc2)N(c2ccccc2)C2=C(C(=O)CCC2)C12C(=O)N(Cc1ccccc1)c1ccccc12. The van der Waals surface area contributed by atoms with E-state index < -0.39 is 5.41 Å². The fourth-order valence-corrected chi connectivity index (χ4v) is 6.58. The Hall–Kier alpha value is -5.15. The number of nitriles is 1. The van der Waals surface area contributed by atoms with Gasteiger partial charge in [0.15, 0.2) is 5.78 Å². The smallest absolute Gasteiger partial charge is 0.248 e. The number of anilines is 2. The van der Waals surface area contributed by atoms with Crippen molar-refractivity contribution in [2.75, 3.05) is 9.80 Å². The highest BCUT2D eigenvalue weighted by atomic mass is 16.2. The van der Waals surface area contributed by atoms with Crippen LogP contribution in [0.1, 0.15) is 30.4 Å². The number of nitrogens with zero attached hydrogens (tertiary/aromatic N) is 4. The summed E-state index contributed by atoms with van der Waals surface area (Å²) in [6, 6.07) is 33.5. The molecule has 1 amide bonds. The van der Waals surface area contributed by atoms with Crippen LogP contribution in [0, 0.1) is 11.3 Å². The van der Waals surface area contributed by atoms with E-state index in [-0.39, 0.29) is 17.3 Å². The van der Waals surface area contributed by atoms with E-state index in [9.17, 15) is 14.9 Å². The van der Waals surface area contributed by atoms with E-state index >= 15 is 0 Å². The van der Waals surface area contributed by atoms with Crippen LogP contribution in [0.2, 0.25) is 0 Å². The molecule has 3 aromatic carbocycles. The molecule has 3 aliphatic rings. The molecule has 0 radical (unpaired) electrons. The molecular formula is C34H26N4O2. The number of Topliss-reactive ketones (excluding diaryl/α,β-unsaturated/α-hetero) is 1. The predicted molar refractivity (Wildman–Crippen MR) is 154 cm³/mol. The third kappa shape index (κ3) is 3.28. The molecule has 1 aromatic heterocycles. The van der Waals surface area contributed by atoms with Gasteiger partial charge in [0.2, 0.25) is 5.91 Å². The number of hydrogen-bond acceptors (Lipinski definition) is 4. The van der Waals surface area contributed by atoms with E-state index in [1.54, 1.807) is 4.90 Å². The summed E-state index contributed by atoms with van der Waals surface area (Å²) in [5.74, 6) is 0.247. The van der Waals surface area contributed by atoms with Crippen LogP contribution in [-0.4, -0.2) is 16.3 Å². The van der Waals surface area contributed by atoms with Gasteiger partial charge in [0.05, 0.1) is 12.1 Å². The van der Waals surface area contributed by atoms with Crippen molar-refractivity contribution in [1.29, 1.82) is 5.26 Å². The minimum atomic E-state index is -1.53. The van der Waals surface area contributed by atoms with Crippen molar-refractivity contribution in [3.05, 3.63) is 137 Å². The van der Waals surface area contributed by atoms with Crippen molar-refractivity contribution in [3.8, 4) is 6.07 Å². The van der Waals surface area contributed by atoms with E-state index in [1.807, 2.05) is 119 Å². The molecule has 1 aliphatic carbocycles. The molecule has 40 heavy (non-hydrogen) atoms. The lowest BCUT2D eigenvalue weighted by atomic mass is 9.63. The maximum absolute atomic E-state index is 15.0. The van der Waals surface area contributed by atoms with Crippen molar-refractivity contribution in [2.45, 2.75) is 31.2 Å². The Kier molecular flexibility index (Phi) is 5.53. The summed E-state index contributed by atoms with van der Waals surface area (Å²) in [6.45, 7) is 0.342. The van der Waals surface area contributed by atoms with Crippen LogP contribution in [-0.2, 0) is 21.5 Å². The Bertz CT molecular complexity index is 1750. The zero-order valence-electron chi connectivity index (χ0n) is 21.8. The summed E-state index contributed by atoms with van der Waals surface area (Å²) in [5, 5.41) is 11.0. The summed E-state index contributed by atoms with van der Waals surface area (Å²) < 4.78 is 1.89. The molecule has 194 valence electrons. The second-order valence-electron chi connectivity index (χ2n) is 10.3. The minimum Gasteiger partial charge on any atom is -0.309 e. The van der Waals surface area contributed by atoms with Crippen molar-refractivity contribution < 1.29 is 9.59 Å². The molecule has 3 heterocycles. The second kappa shape index (κ2) is 9.25. The van der Waals surface area contributed by atoms with Crippen LogP contribution in [0.5, 0.6) is 0 Å². The molecule has 1 spiro atoms. The Morgan fingerprint density at radius 1 is 0.800 bits per heavy atom. The predicted octanol–water partition coefficient (Wildman–Crippen LogP) is 6.19. The van der Waals surface area contributed by atoms with Gasteiger partial charge in [-0.15, -0.1) is 0 Å². The Labute approximate surface area is 232 Å². The summed E-state index contributed by atoms with van der Waals surface area (Å²) in [6.07, 6.45) is 5.42. The summed E-state index contributed by atoms with van der Waals surface area (Å²) in [7, 11) is 0. The van der Waals surface area contributed by atoms with Gasteiger partial charge in [-0.05, 0) is 48.7 Å². The lowest BCUT2D eigenvalue weighted by Gasteiger charge is -2.45. The highest BCUT2D eigenvalue weighted by molar-refractivity contribution is 6.22. The van der Waals surface area contributed by atoms with Gasteiger partial charge in [-0.25, -0.2) is 0 Å². The lowest BCUT2D eigenvalue weighted by Crippen LogP contribution is -2.51. The first-order valence-corrected chi connectivity index (χ1v) is 13.5. The van der Waals surface area contributed by atoms with Gasteiger partial charge in [0.25, 0.3) is 0 Å². The molecule has 6 nitrogen and oxygen atoms in total. The zero-order chi connectivity index (χ0) is 27.3. The van der Waals surface area contributed by atoms with Gasteiger partial charge < -0.3 is 9.47 Å². The summed E-state index contributed by atoms with van der Waals surface area (Å²) in [5.41, 5.74) is 3.18. The van der Waals surface area contributed by atoms with Crippen LogP contribution in [0.3, 0.4) is 0 Å². The highest BCUT2D eigenvalue weighted by Crippen LogP contribution is 2.58. The Morgan fingerprint density at radius 2 is 1.48 bits per heavy atom. The molecule has 1 atom stereocenters. The second-order valence-corrected chi connectivity index (χ2v) is 10.3. The quantitative estimate of drug-likeness (QED) is 0.320. The van der Waals surface area contributed by atoms with Gasteiger partial charge in [-0.2, -0.15) is 5.26 Å². The minimum absolute atomic E-state index is 0.0776. The van der Waals surface area contributed by atoms with Crippen LogP contribution in [0.25, 0.3) is 5.82 Å². The molecule has 0 bridgehead atoms. The largest absolute Gasteiger partial charge is 0.309 e. The highest BCUT2D eigenvalue weighted by Gasteiger charge is 2.62. The third-order valence-electron chi connectivity index (χ3n) is 8.16. The zero-order valence-corrected chi connectivity index (χ0v) is 21.8. The molecule has 7 rings (SSSR count). The molecule has 1 unspecified atom stereocenters. The summed E-state index contributed by atoms with van der Waals surface area (Å²) >= 11 is 0. The van der Waals surface area contributed by atoms with Gasteiger partial charge >= 0.3 is 0 Å². The standard InChI is InChI=1S/C34H26N4O2/c35-22-27-32(36-20-9-10-21-36)38(25-14-5-2-6-15-25)29-18-11-19-30(39)31(29)34(27)26-16-7-8-17-28(26)37(33(34)40)23-24-12-3-1-4-13-24/h1-10,12-17,20-21H,11,18-19,23H2. The van der Waals surface area contributed by atoms with Gasteiger partial charge in [-0.1, -0.05) is 66.7 Å². The van der Waals surface area contributed by atoms with Crippen LogP contribution in [0.15, 0.2) is 126 Å². The van der Waals surface area contributed by atoms with Gasteiger partial charge in [-0.3, -0.25) is 14.5 Å². The number of amides is 1. The van der Waals surface area contributed by atoms with Crippen molar-refractivity contribution in [3.63, 3.8) is 0 Å². The average molecular weight is 523 g/mol. The molecule has 0 saturated heterocycles. The first kappa shape index (κ1) is 23.9. The first-order valence-electron chi connectivity index (χ1n) is 13.5. The first-order chi connectivity index (χ1) is 19.7.